The van der Waals surface area contributed by atoms with E-state index in [-0.39, 0.29) is 23.0 Å². The lowest BCUT2D eigenvalue weighted by atomic mass is 9.53. The highest BCUT2D eigenvalue weighted by Gasteiger charge is 2.51. The number of benzene rings is 1. The zero-order valence-electron chi connectivity index (χ0n) is 16.0. The van der Waals surface area contributed by atoms with Crippen molar-refractivity contribution in [1.82, 2.24) is 0 Å². The maximum absolute atomic E-state index is 10.4. The highest BCUT2D eigenvalue weighted by molar-refractivity contribution is 5.54. The van der Waals surface area contributed by atoms with Crippen LogP contribution in [0.2, 0.25) is 0 Å². The molecule has 1 heterocycles. The topological polar surface area (TPSA) is 38.7 Å². The Labute approximate surface area is 146 Å². The van der Waals surface area contributed by atoms with Crippen LogP contribution in [0.5, 0.6) is 11.5 Å². The molecule has 1 aromatic carbocycles. The molecule has 3 nitrogen and oxygen atoms in total. The quantitative estimate of drug-likeness (QED) is 0.793. The van der Waals surface area contributed by atoms with Gasteiger partial charge in [-0.25, -0.2) is 0 Å². The molecule has 0 bridgehead atoms. The van der Waals surface area contributed by atoms with E-state index in [4.69, 9.17) is 9.47 Å². The van der Waals surface area contributed by atoms with Crippen molar-refractivity contribution in [2.75, 3.05) is 7.11 Å². The van der Waals surface area contributed by atoms with Gasteiger partial charge >= 0.3 is 0 Å². The van der Waals surface area contributed by atoms with E-state index in [0.717, 1.165) is 24.2 Å². The van der Waals surface area contributed by atoms with Crippen LogP contribution in [0.15, 0.2) is 12.1 Å². The molecule has 0 saturated heterocycles. The summed E-state index contributed by atoms with van der Waals surface area (Å²) in [7, 11) is 1.72. The predicted molar refractivity (Wildman–Crippen MR) is 96.7 cm³/mol. The van der Waals surface area contributed by atoms with Crippen LogP contribution in [-0.4, -0.2) is 18.5 Å². The van der Waals surface area contributed by atoms with Crippen molar-refractivity contribution in [3.63, 3.8) is 0 Å². The van der Waals surface area contributed by atoms with Gasteiger partial charge in [0.1, 0.15) is 11.5 Å². The van der Waals surface area contributed by atoms with Crippen molar-refractivity contribution in [3.8, 4) is 11.5 Å². The Kier molecular flexibility index (Phi) is 4.36. The summed E-state index contributed by atoms with van der Waals surface area (Å²) in [4.78, 5) is 0. The van der Waals surface area contributed by atoms with Gasteiger partial charge in [-0.05, 0) is 41.6 Å². The van der Waals surface area contributed by atoms with Crippen LogP contribution in [0.3, 0.4) is 0 Å². The van der Waals surface area contributed by atoms with Gasteiger partial charge in [-0.15, -0.1) is 0 Å². The molecule has 1 fully saturated rings. The lowest BCUT2D eigenvalue weighted by Crippen LogP contribution is -2.45. The van der Waals surface area contributed by atoms with Crippen molar-refractivity contribution < 1.29 is 14.6 Å². The first-order valence-corrected chi connectivity index (χ1v) is 9.26. The SMILES string of the molecule is CO[C@@H]1C[C@H]2C(C)(C)CCC[C@]2(C)c2ccc(O)c(C(C)C)c2O1. The van der Waals surface area contributed by atoms with Crippen LogP contribution in [0.4, 0.5) is 0 Å². The number of rotatable bonds is 2. The van der Waals surface area contributed by atoms with E-state index < -0.39 is 0 Å². The van der Waals surface area contributed by atoms with Gasteiger partial charge in [-0.1, -0.05) is 47.1 Å². The third-order valence-electron chi connectivity index (χ3n) is 6.54. The van der Waals surface area contributed by atoms with Crippen LogP contribution >= 0.6 is 0 Å². The van der Waals surface area contributed by atoms with Gasteiger partial charge in [0.2, 0.25) is 0 Å². The highest BCUT2D eigenvalue weighted by atomic mass is 16.7. The minimum atomic E-state index is -0.257. The van der Waals surface area contributed by atoms with E-state index in [9.17, 15) is 5.11 Å². The van der Waals surface area contributed by atoms with Crippen molar-refractivity contribution >= 4 is 0 Å². The highest BCUT2D eigenvalue weighted by Crippen LogP contribution is 2.58. The van der Waals surface area contributed by atoms with Gasteiger partial charge in [-0.3, -0.25) is 0 Å². The third kappa shape index (κ3) is 2.61. The lowest BCUT2D eigenvalue weighted by molar-refractivity contribution is -0.0857. The Morgan fingerprint density at radius 1 is 1.21 bits per heavy atom. The summed E-state index contributed by atoms with van der Waals surface area (Å²) >= 11 is 0. The lowest BCUT2D eigenvalue weighted by Gasteiger charge is -2.50. The molecule has 3 rings (SSSR count). The van der Waals surface area contributed by atoms with Crippen molar-refractivity contribution in [2.45, 2.75) is 77.9 Å². The van der Waals surface area contributed by atoms with E-state index in [1.807, 2.05) is 6.07 Å². The Bertz CT molecular complexity index is 620. The fraction of sp³-hybridized carbons (Fsp3) is 0.714. The first-order valence-electron chi connectivity index (χ1n) is 9.26. The number of phenols is 1. The molecule has 0 amide bonds. The van der Waals surface area contributed by atoms with E-state index in [2.05, 4.69) is 40.7 Å². The second-order valence-corrected chi connectivity index (χ2v) is 8.86. The maximum atomic E-state index is 10.4. The van der Waals surface area contributed by atoms with Gasteiger partial charge in [0.05, 0.1) is 0 Å². The van der Waals surface area contributed by atoms with Crippen molar-refractivity contribution in [2.24, 2.45) is 11.3 Å². The molecule has 134 valence electrons. The van der Waals surface area contributed by atoms with Gasteiger partial charge in [0, 0.05) is 24.7 Å². The molecule has 24 heavy (non-hydrogen) atoms. The van der Waals surface area contributed by atoms with Crippen molar-refractivity contribution in [3.05, 3.63) is 23.3 Å². The Morgan fingerprint density at radius 2 is 1.92 bits per heavy atom. The van der Waals surface area contributed by atoms with Gasteiger partial charge in [0.25, 0.3) is 0 Å². The zero-order valence-corrected chi connectivity index (χ0v) is 16.0. The minimum absolute atomic E-state index is 0.0572. The normalized spacial score (nSPS) is 31.8. The number of methoxy groups -OCH3 is 1. The average molecular weight is 332 g/mol. The van der Waals surface area contributed by atoms with Crippen LogP contribution in [0.1, 0.15) is 77.3 Å². The Morgan fingerprint density at radius 3 is 2.54 bits per heavy atom. The molecule has 2 aliphatic rings. The molecule has 3 heteroatoms. The monoisotopic (exact) mass is 332 g/mol. The molecule has 1 N–H and O–H groups in total. The van der Waals surface area contributed by atoms with Gasteiger partial charge in [-0.2, -0.15) is 0 Å². The number of aromatic hydroxyl groups is 1. The van der Waals surface area contributed by atoms with Crippen molar-refractivity contribution in [1.29, 1.82) is 0 Å². The fourth-order valence-corrected chi connectivity index (χ4v) is 5.26. The molecule has 3 atom stereocenters. The number of ether oxygens (including phenoxy) is 2. The summed E-state index contributed by atoms with van der Waals surface area (Å²) < 4.78 is 12.0. The number of hydrogen-bond acceptors (Lipinski definition) is 3. The molecule has 0 radical (unpaired) electrons. The molecule has 0 aromatic heterocycles. The zero-order chi connectivity index (χ0) is 17.7. The van der Waals surface area contributed by atoms with Crippen LogP contribution < -0.4 is 4.74 Å². The first kappa shape index (κ1) is 17.6. The van der Waals surface area contributed by atoms with Crippen LogP contribution in [-0.2, 0) is 10.2 Å². The molecule has 1 saturated carbocycles. The summed E-state index contributed by atoms with van der Waals surface area (Å²) in [5.74, 6) is 1.89. The van der Waals surface area contributed by atoms with Crippen LogP contribution in [0.25, 0.3) is 0 Å². The van der Waals surface area contributed by atoms with E-state index in [0.29, 0.717) is 11.7 Å². The second-order valence-electron chi connectivity index (χ2n) is 8.86. The number of fused-ring (bicyclic) bond motifs is 3. The standard InChI is InChI=1S/C21H32O3/c1-13(2)18-15(22)9-8-14-19(18)24-17(23-6)12-16-20(3,4)10-7-11-21(14,16)5/h8-9,13,16-17,22H,7,10-12H2,1-6H3/t16-,17-,21+/m0/s1. The predicted octanol–water partition coefficient (Wildman–Crippen LogP) is 5.35. The second kappa shape index (κ2) is 5.94. The fourth-order valence-electron chi connectivity index (χ4n) is 5.26. The molecular weight excluding hydrogens is 300 g/mol. The summed E-state index contributed by atoms with van der Waals surface area (Å²) in [6.45, 7) is 11.4. The number of phenolic OH excluding ortho intramolecular Hbond substituents is 1. The summed E-state index contributed by atoms with van der Waals surface area (Å²) in [5, 5.41) is 10.4. The summed E-state index contributed by atoms with van der Waals surface area (Å²) in [6.07, 6.45) is 4.28. The van der Waals surface area contributed by atoms with Gasteiger partial charge < -0.3 is 14.6 Å². The molecule has 1 aliphatic heterocycles. The van der Waals surface area contributed by atoms with E-state index in [1.165, 1.54) is 18.4 Å². The molecule has 1 aromatic rings. The number of hydrogen-bond donors (Lipinski definition) is 1. The Balaban J connectivity index is 2.24. The summed E-state index contributed by atoms with van der Waals surface area (Å²) in [5.41, 5.74) is 2.48. The largest absolute Gasteiger partial charge is 0.508 e. The molecule has 0 unspecified atom stereocenters. The average Bonchev–Trinajstić information content (AvgIpc) is 2.61. The molecular formula is C21H32O3. The first-order chi connectivity index (χ1) is 11.2. The van der Waals surface area contributed by atoms with Crippen LogP contribution in [0, 0.1) is 11.3 Å². The summed E-state index contributed by atoms with van der Waals surface area (Å²) in [6, 6.07) is 3.94. The maximum Gasteiger partial charge on any atom is 0.199 e. The smallest absolute Gasteiger partial charge is 0.199 e. The van der Waals surface area contributed by atoms with E-state index in [1.54, 1.807) is 7.11 Å². The molecule has 1 aliphatic carbocycles. The third-order valence-corrected chi connectivity index (χ3v) is 6.54. The molecule has 0 spiro atoms. The Hall–Kier alpha value is -1.22. The minimum Gasteiger partial charge on any atom is -0.508 e. The van der Waals surface area contributed by atoms with E-state index >= 15 is 0 Å². The van der Waals surface area contributed by atoms with Gasteiger partial charge in [0.15, 0.2) is 6.29 Å².